The highest BCUT2D eigenvalue weighted by Crippen LogP contribution is 2.45. The Labute approximate surface area is 166 Å². The van der Waals surface area contributed by atoms with Crippen LogP contribution in [0.4, 0.5) is 10.1 Å². The zero-order valence-electron chi connectivity index (χ0n) is 16.0. The van der Waals surface area contributed by atoms with Gasteiger partial charge in [-0.15, -0.1) is 0 Å². The Bertz CT molecular complexity index is 1090. The third-order valence-electron chi connectivity index (χ3n) is 5.72. The maximum absolute atomic E-state index is 14.9. The van der Waals surface area contributed by atoms with E-state index in [0.29, 0.717) is 37.4 Å². The second-order valence-corrected chi connectivity index (χ2v) is 10.1. The average molecular weight is 423 g/mol. The molecule has 0 radical (unpaired) electrons. The quantitative estimate of drug-likeness (QED) is 0.713. The molecule has 4 rings (SSSR count). The van der Waals surface area contributed by atoms with Gasteiger partial charge in [-0.25, -0.2) is 13.9 Å². The lowest BCUT2D eigenvalue weighted by molar-refractivity contribution is 0.0694. The number of carbonyl (C=O) groups is 1. The number of aromatic carboxylic acids is 1. The third-order valence-corrected chi connectivity index (χ3v) is 7.83. The predicted octanol–water partition coefficient (Wildman–Crippen LogP) is 2.50. The van der Waals surface area contributed by atoms with Crippen molar-refractivity contribution in [2.45, 2.75) is 25.8 Å². The van der Waals surface area contributed by atoms with Crippen LogP contribution in [-0.2, 0) is 4.57 Å². The fourth-order valence-corrected chi connectivity index (χ4v) is 5.06. The van der Waals surface area contributed by atoms with Crippen molar-refractivity contribution in [1.29, 1.82) is 0 Å². The zero-order valence-corrected chi connectivity index (χ0v) is 16.9. The number of hydrogen-bond acceptors (Lipinski definition) is 4. The molecule has 29 heavy (non-hydrogen) atoms. The number of halogens is 1. The lowest BCUT2D eigenvalue weighted by Crippen LogP contribution is -2.45. The van der Waals surface area contributed by atoms with Crippen LogP contribution in [0.2, 0.25) is 0 Å². The molecule has 1 aromatic heterocycles. The molecule has 8 nitrogen and oxygen atoms in total. The summed E-state index contributed by atoms with van der Waals surface area (Å²) in [4.78, 5) is 35.8. The molecule has 2 N–H and O–H groups in total. The maximum Gasteiger partial charge on any atom is 0.341 e. The van der Waals surface area contributed by atoms with Crippen LogP contribution in [0.3, 0.4) is 0 Å². The van der Waals surface area contributed by atoms with Crippen LogP contribution in [0.5, 0.6) is 0 Å². The number of benzene rings is 1. The summed E-state index contributed by atoms with van der Waals surface area (Å²) in [5, 5.41) is 9.38. The van der Waals surface area contributed by atoms with Gasteiger partial charge in [0.25, 0.3) is 7.52 Å². The number of hydrogen-bond donors (Lipinski definition) is 2. The van der Waals surface area contributed by atoms with E-state index in [0.717, 1.165) is 18.9 Å². The molecule has 1 saturated carbocycles. The van der Waals surface area contributed by atoms with Gasteiger partial charge in [-0.2, -0.15) is 0 Å². The van der Waals surface area contributed by atoms with Crippen LogP contribution in [0, 0.1) is 5.82 Å². The fourth-order valence-electron chi connectivity index (χ4n) is 3.86. The van der Waals surface area contributed by atoms with Crippen molar-refractivity contribution in [2.75, 3.05) is 37.2 Å². The molecule has 2 fully saturated rings. The molecular weight excluding hydrogens is 400 g/mol. The van der Waals surface area contributed by atoms with Gasteiger partial charge in [0.05, 0.1) is 11.2 Å². The fraction of sp³-hybridized carbons (Fsp3) is 0.474. The van der Waals surface area contributed by atoms with Gasteiger partial charge in [-0.05, 0) is 25.0 Å². The van der Waals surface area contributed by atoms with Gasteiger partial charge in [0.2, 0.25) is 5.43 Å². The number of carboxylic acids is 1. The second kappa shape index (κ2) is 7.23. The summed E-state index contributed by atoms with van der Waals surface area (Å²) < 4.78 is 30.4. The monoisotopic (exact) mass is 423 g/mol. The molecule has 0 bridgehead atoms. The minimum absolute atomic E-state index is 0.0579. The summed E-state index contributed by atoms with van der Waals surface area (Å²) in [6, 6.07) is 2.83. The van der Waals surface area contributed by atoms with E-state index in [4.69, 9.17) is 0 Å². The number of nitrogens with zero attached hydrogens (tertiary/aromatic N) is 3. The lowest BCUT2D eigenvalue weighted by Gasteiger charge is -2.37. The number of piperazine rings is 1. The summed E-state index contributed by atoms with van der Waals surface area (Å²) in [6.07, 6.45) is 3.28. The summed E-state index contributed by atoms with van der Waals surface area (Å²) in [5.41, 5.74) is -0.215. The largest absolute Gasteiger partial charge is 0.477 e. The first-order valence-electron chi connectivity index (χ1n) is 9.67. The molecular formula is C19H23FN3O5P. The Balaban J connectivity index is 1.74. The molecule has 10 heteroatoms. The molecule has 0 amide bonds. The van der Waals surface area contributed by atoms with Crippen LogP contribution in [0.1, 0.15) is 36.2 Å². The van der Waals surface area contributed by atoms with Gasteiger partial charge in [0.1, 0.15) is 11.4 Å². The van der Waals surface area contributed by atoms with Crippen molar-refractivity contribution < 1.29 is 23.7 Å². The molecule has 2 heterocycles. The van der Waals surface area contributed by atoms with E-state index in [9.17, 15) is 28.5 Å². The highest BCUT2D eigenvalue weighted by molar-refractivity contribution is 7.55. The minimum atomic E-state index is -3.34. The van der Waals surface area contributed by atoms with Crippen molar-refractivity contribution >= 4 is 30.1 Å². The molecule has 1 unspecified atom stereocenters. The van der Waals surface area contributed by atoms with Crippen LogP contribution < -0.4 is 10.3 Å². The number of carboxylic acid groups (broad SMARTS) is 1. The Morgan fingerprint density at radius 2 is 1.90 bits per heavy atom. The molecule has 1 aliphatic carbocycles. The summed E-state index contributed by atoms with van der Waals surface area (Å²) in [7, 11) is -3.34. The first kappa shape index (κ1) is 20.1. The average Bonchev–Trinajstić information content (AvgIpc) is 3.53. The van der Waals surface area contributed by atoms with Crippen LogP contribution in [-0.4, -0.2) is 57.5 Å². The minimum Gasteiger partial charge on any atom is -0.477 e. The van der Waals surface area contributed by atoms with Gasteiger partial charge >= 0.3 is 5.97 Å². The summed E-state index contributed by atoms with van der Waals surface area (Å²) in [6.45, 7) is 3.11. The van der Waals surface area contributed by atoms with Crippen molar-refractivity contribution in [1.82, 2.24) is 9.24 Å². The van der Waals surface area contributed by atoms with E-state index in [1.807, 2.05) is 0 Å². The number of anilines is 1. The molecule has 1 aliphatic heterocycles. The SMILES string of the molecule is CCP(=O)(O)N1CCN(c2cc3c(cc2F)c(=O)c(C(=O)O)cn3C2CC2)CC1. The smallest absolute Gasteiger partial charge is 0.341 e. The summed E-state index contributed by atoms with van der Waals surface area (Å²) >= 11 is 0. The van der Waals surface area contributed by atoms with E-state index < -0.39 is 24.7 Å². The topological polar surface area (TPSA) is 103 Å². The Morgan fingerprint density at radius 1 is 1.24 bits per heavy atom. The number of fused-ring (bicyclic) bond motifs is 1. The molecule has 2 aromatic rings. The van der Waals surface area contributed by atoms with Crippen molar-refractivity contribution in [3.05, 3.63) is 39.9 Å². The number of pyridine rings is 1. The van der Waals surface area contributed by atoms with Crippen molar-refractivity contribution in [3.8, 4) is 0 Å². The normalized spacial score (nSPS) is 20.0. The van der Waals surface area contributed by atoms with Crippen molar-refractivity contribution in [2.24, 2.45) is 0 Å². The highest BCUT2D eigenvalue weighted by Gasteiger charge is 2.31. The van der Waals surface area contributed by atoms with Crippen LogP contribution in [0.15, 0.2) is 23.1 Å². The van der Waals surface area contributed by atoms with E-state index in [1.165, 1.54) is 6.20 Å². The standard InChI is InChI=1S/C19H23FN3O5P/c1-2-29(27,28)22-7-5-21(6-8-22)17-10-16-13(9-15(17)20)18(24)14(19(25)26)11-23(16)12-3-4-12/h9-12H,2-8H2,1H3,(H,25,26)(H,27,28). The molecule has 156 valence electrons. The molecule has 2 aliphatic rings. The van der Waals surface area contributed by atoms with Gasteiger partial charge in [0, 0.05) is 50.0 Å². The Morgan fingerprint density at radius 3 is 2.45 bits per heavy atom. The molecule has 0 spiro atoms. The first-order valence-corrected chi connectivity index (χ1v) is 11.5. The summed E-state index contributed by atoms with van der Waals surface area (Å²) in [5.74, 6) is -1.92. The first-order chi connectivity index (χ1) is 13.7. The number of rotatable bonds is 5. The highest BCUT2D eigenvalue weighted by atomic mass is 31.2. The molecule has 1 saturated heterocycles. The van der Waals surface area contributed by atoms with Crippen LogP contribution >= 0.6 is 7.52 Å². The van der Waals surface area contributed by atoms with Crippen LogP contribution in [0.25, 0.3) is 10.9 Å². The Kier molecular flexibility index (Phi) is 5.01. The molecule has 1 aromatic carbocycles. The van der Waals surface area contributed by atoms with Crippen molar-refractivity contribution in [3.63, 3.8) is 0 Å². The van der Waals surface area contributed by atoms with E-state index >= 15 is 0 Å². The second-order valence-electron chi connectivity index (χ2n) is 7.56. The van der Waals surface area contributed by atoms with Gasteiger partial charge in [-0.1, -0.05) is 6.92 Å². The maximum atomic E-state index is 14.9. The van der Waals surface area contributed by atoms with E-state index in [1.54, 1.807) is 27.1 Å². The van der Waals surface area contributed by atoms with E-state index in [-0.39, 0.29) is 23.2 Å². The Hall–Kier alpha value is -2.22. The lowest BCUT2D eigenvalue weighted by atomic mass is 10.1. The third kappa shape index (κ3) is 3.58. The van der Waals surface area contributed by atoms with E-state index in [2.05, 4.69) is 0 Å². The number of aromatic nitrogens is 1. The zero-order chi connectivity index (χ0) is 20.9. The predicted molar refractivity (Wildman–Crippen MR) is 108 cm³/mol. The molecule has 1 atom stereocenters. The van der Waals surface area contributed by atoms with Gasteiger partial charge in [-0.3, -0.25) is 9.36 Å². The van der Waals surface area contributed by atoms with Gasteiger partial charge in [0.15, 0.2) is 0 Å². The van der Waals surface area contributed by atoms with Gasteiger partial charge < -0.3 is 19.5 Å².